The third kappa shape index (κ3) is 7.57. The zero-order chi connectivity index (χ0) is 40.1. The quantitative estimate of drug-likeness (QED) is 0.0947. The Hall–Kier alpha value is -5.33. The van der Waals surface area contributed by atoms with E-state index in [-0.39, 0.29) is 20.1 Å². The number of benzene rings is 7. The van der Waals surface area contributed by atoms with E-state index in [9.17, 15) is 0 Å². The van der Waals surface area contributed by atoms with Crippen LogP contribution < -0.4 is 4.40 Å². The standard InChI is InChI=1S/C39H31N2O.C14H16GeN.Ir/c1-23(2)27-13-9-14-28(24(3)4)37(27)41-35-18-8-7-17-34(35)40-39(41)31-16-10-15-30-33-21-26-20-19-25-11-5-6-12-29(25)32(26)22-36(33)42-38(30)31;1-15(2,3)13-9-10-14(16-11-13)12-7-5-4-6-8-12;/h5-15,17-24H,1-4H3;4-7,9-11H,1-3H3;/q2*-1;. The van der Waals surface area contributed by atoms with Crippen LogP contribution in [0.1, 0.15) is 50.7 Å². The maximum atomic E-state index is 6.75. The molecule has 0 amide bonds. The molecule has 10 rings (SSSR count). The van der Waals surface area contributed by atoms with Crippen LogP contribution in [0.3, 0.4) is 0 Å². The Kier molecular flexibility index (Phi) is 11.2. The summed E-state index contributed by atoms with van der Waals surface area (Å²) < 4.78 is 10.5. The predicted octanol–water partition coefficient (Wildman–Crippen LogP) is 14.0. The second-order valence-corrected chi connectivity index (χ2v) is 27.5. The van der Waals surface area contributed by atoms with Gasteiger partial charge < -0.3 is 8.98 Å². The second kappa shape index (κ2) is 16.4. The molecule has 0 saturated carbocycles. The van der Waals surface area contributed by atoms with Gasteiger partial charge in [0.05, 0.1) is 22.4 Å². The third-order valence-corrected chi connectivity index (χ3v) is 15.5. The number of furan rings is 1. The zero-order valence-corrected chi connectivity index (χ0v) is 39.1. The summed E-state index contributed by atoms with van der Waals surface area (Å²) in [6, 6.07) is 55.7. The molecule has 4 nitrogen and oxygen atoms in total. The summed E-state index contributed by atoms with van der Waals surface area (Å²) >= 11 is -1.72. The smallest absolute Gasteiger partial charge is 0 e. The molecule has 295 valence electrons. The van der Waals surface area contributed by atoms with Crippen molar-refractivity contribution in [2.45, 2.75) is 56.8 Å². The van der Waals surface area contributed by atoms with Crippen LogP contribution in [0, 0.1) is 12.1 Å². The van der Waals surface area contributed by atoms with E-state index in [0.29, 0.717) is 11.8 Å². The fraction of sp³-hybridized carbons (Fsp3) is 0.170. The minimum atomic E-state index is -1.72. The molecule has 3 heterocycles. The monoisotopic (exact) mass is 1010 g/mol. The fourth-order valence-corrected chi connectivity index (χ4v) is 10.3. The average molecular weight is 1010 g/mol. The van der Waals surface area contributed by atoms with Gasteiger partial charge in [-0.3, -0.25) is 4.98 Å². The van der Waals surface area contributed by atoms with E-state index in [4.69, 9.17) is 9.40 Å². The van der Waals surface area contributed by atoms with Gasteiger partial charge in [0.2, 0.25) is 0 Å². The molecule has 7 aromatic carbocycles. The Labute approximate surface area is 363 Å². The van der Waals surface area contributed by atoms with E-state index in [1.165, 1.54) is 42.8 Å². The molecule has 0 bridgehead atoms. The number of rotatable bonds is 6. The molecule has 0 fully saturated rings. The summed E-state index contributed by atoms with van der Waals surface area (Å²) in [5.41, 5.74) is 10.5. The van der Waals surface area contributed by atoms with Crippen LogP contribution in [-0.2, 0) is 20.1 Å². The summed E-state index contributed by atoms with van der Waals surface area (Å²) in [7, 11) is 0. The van der Waals surface area contributed by atoms with Crippen molar-refractivity contribution in [2.24, 2.45) is 0 Å². The van der Waals surface area contributed by atoms with Crippen LogP contribution in [0.4, 0.5) is 0 Å². The number of nitrogens with zero attached hydrogens (tertiary/aromatic N) is 3. The van der Waals surface area contributed by atoms with Gasteiger partial charge in [0.1, 0.15) is 5.58 Å². The molecule has 10 aromatic rings. The number of hydrogen-bond acceptors (Lipinski definition) is 3. The van der Waals surface area contributed by atoms with Crippen LogP contribution in [0.2, 0.25) is 17.3 Å². The summed E-state index contributed by atoms with van der Waals surface area (Å²) in [6.07, 6.45) is 2.04. The second-order valence-electron chi connectivity index (χ2n) is 16.9. The Morgan fingerprint density at radius 1 is 0.627 bits per heavy atom. The third-order valence-electron chi connectivity index (χ3n) is 11.3. The van der Waals surface area contributed by atoms with Crippen molar-refractivity contribution in [1.29, 1.82) is 0 Å². The molecule has 0 N–H and O–H groups in total. The van der Waals surface area contributed by atoms with Gasteiger partial charge in [0.25, 0.3) is 0 Å². The summed E-state index contributed by atoms with van der Waals surface area (Å²) in [4.78, 5) is 9.78. The first kappa shape index (κ1) is 40.5. The van der Waals surface area contributed by atoms with Crippen molar-refractivity contribution in [3.63, 3.8) is 0 Å². The summed E-state index contributed by atoms with van der Waals surface area (Å²) in [6.45, 7) is 9.06. The Morgan fingerprint density at radius 3 is 2.07 bits per heavy atom. The zero-order valence-electron chi connectivity index (χ0n) is 34.6. The minimum Gasteiger partial charge on any atom is 0 e. The first-order valence-corrected chi connectivity index (χ1v) is 27.6. The maximum absolute atomic E-state index is 6.75. The van der Waals surface area contributed by atoms with Gasteiger partial charge in [-0.15, -0.1) is 18.2 Å². The minimum absolute atomic E-state index is 0. The number of aromatic nitrogens is 3. The van der Waals surface area contributed by atoms with Crippen molar-refractivity contribution in [3.05, 3.63) is 169 Å². The molecule has 6 heteroatoms. The molecular weight excluding hydrogens is 959 g/mol. The Morgan fingerprint density at radius 2 is 1.36 bits per heavy atom. The molecule has 0 aliphatic rings. The van der Waals surface area contributed by atoms with Gasteiger partial charge in [-0.1, -0.05) is 105 Å². The largest absolute Gasteiger partial charge is 0 e. The van der Waals surface area contributed by atoms with Crippen molar-refractivity contribution in [3.8, 4) is 28.3 Å². The number of para-hydroxylation sites is 3. The summed E-state index contributed by atoms with van der Waals surface area (Å²) in [5.74, 6) is 8.69. The van der Waals surface area contributed by atoms with Crippen LogP contribution in [0.25, 0.3) is 82.8 Å². The Balaban J connectivity index is 0.000000240. The van der Waals surface area contributed by atoms with Gasteiger partial charge in [-0.25, -0.2) is 0 Å². The molecular formula is C53H47GeIrN3O-2. The van der Waals surface area contributed by atoms with E-state index in [1.54, 1.807) is 0 Å². The van der Waals surface area contributed by atoms with Gasteiger partial charge in [-0.2, -0.15) is 0 Å². The molecule has 59 heavy (non-hydrogen) atoms. The van der Waals surface area contributed by atoms with E-state index >= 15 is 0 Å². The van der Waals surface area contributed by atoms with Crippen molar-refractivity contribution in [2.75, 3.05) is 0 Å². The fourth-order valence-electron chi connectivity index (χ4n) is 8.15. The maximum Gasteiger partial charge on any atom is 0 e. The van der Waals surface area contributed by atoms with Crippen molar-refractivity contribution in [1.82, 2.24) is 14.5 Å². The molecule has 0 atom stereocenters. The predicted molar refractivity (Wildman–Crippen MR) is 247 cm³/mol. The first-order chi connectivity index (χ1) is 28.1. The van der Waals surface area contributed by atoms with E-state index in [0.717, 1.165) is 55.6 Å². The summed E-state index contributed by atoms with van der Waals surface area (Å²) in [5, 5.41) is 7.05. The average Bonchev–Trinajstić information content (AvgIpc) is 3.81. The Bertz CT molecular complexity index is 3080. The molecule has 0 saturated heterocycles. The number of pyridine rings is 1. The molecule has 0 spiro atoms. The van der Waals surface area contributed by atoms with Gasteiger partial charge >= 0.3 is 99.8 Å². The van der Waals surface area contributed by atoms with Gasteiger partial charge in [0, 0.05) is 31.2 Å². The van der Waals surface area contributed by atoms with Crippen molar-refractivity contribution < 1.29 is 24.5 Å². The van der Waals surface area contributed by atoms with Gasteiger partial charge in [-0.05, 0) is 68.8 Å². The topological polar surface area (TPSA) is 43.9 Å². The molecule has 0 unspecified atom stereocenters. The van der Waals surface area contributed by atoms with Crippen LogP contribution >= 0.6 is 0 Å². The van der Waals surface area contributed by atoms with Gasteiger partial charge in [0.15, 0.2) is 0 Å². The van der Waals surface area contributed by atoms with Crippen LogP contribution in [0.5, 0.6) is 0 Å². The number of fused-ring (bicyclic) bond motifs is 7. The molecule has 0 aliphatic heterocycles. The normalized spacial score (nSPS) is 11.8. The van der Waals surface area contributed by atoms with E-state index in [1.807, 2.05) is 36.5 Å². The SMILES string of the molecule is CC(C)c1cccc(C(C)C)c1-n1c(-c2[c-]ccc3c2oc2cc4c(ccc5ccccc54)cc23)nc2ccccc21.[CH3][Ge]([CH3])([CH3])[c]1ccc(-c2[c-]cccc2)nc1.[Ir]. The van der Waals surface area contributed by atoms with Crippen molar-refractivity contribution >= 4 is 72.2 Å². The first-order valence-electron chi connectivity index (χ1n) is 20.3. The number of imidazole rings is 1. The molecule has 0 aliphatic carbocycles. The number of hydrogen-bond donors (Lipinski definition) is 0. The molecule has 3 aromatic heterocycles. The van der Waals surface area contributed by atoms with Crippen LogP contribution in [-0.4, -0.2) is 27.8 Å². The van der Waals surface area contributed by atoms with E-state index < -0.39 is 13.3 Å². The van der Waals surface area contributed by atoms with Crippen LogP contribution in [0.15, 0.2) is 150 Å². The van der Waals surface area contributed by atoms with E-state index in [2.05, 4.69) is 176 Å². The molecule has 1 radical (unpaired) electrons.